The quantitative estimate of drug-likeness (QED) is 0.845. The Balaban J connectivity index is 0. The first-order chi connectivity index (χ1) is 8.47. The van der Waals surface area contributed by atoms with Gasteiger partial charge in [-0.1, -0.05) is 12.1 Å². The van der Waals surface area contributed by atoms with Crippen LogP contribution in [0.5, 0.6) is 0 Å². The molecule has 1 unspecified atom stereocenters. The maximum absolute atomic E-state index is 11.5. The van der Waals surface area contributed by atoms with Crippen LogP contribution in [0.2, 0.25) is 0 Å². The molecular formula is C14H25Cl2N3O. The molecule has 116 valence electrons. The Hall–Kier alpha value is -0.810. The van der Waals surface area contributed by atoms with Crippen molar-refractivity contribution in [3.05, 3.63) is 29.8 Å². The van der Waals surface area contributed by atoms with Crippen LogP contribution in [0, 0.1) is 0 Å². The van der Waals surface area contributed by atoms with E-state index < -0.39 is 0 Å². The zero-order chi connectivity index (χ0) is 13.5. The van der Waals surface area contributed by atoms with Crippen LogP contribution < -0.4 is 11.1 Å². The summed E-state index contributed by atoms with van der Waals surface area (Å²) in [6.07, 6.45) is 1.36. The highest BCUT2D eigenvalue weighted by Crippen LogP contribution is 2.10. The molecule has 4 nitrogen and oxygen atoms in total. The number of anilines is 1. The van der Waals surface area contributed by atoms with Crippen molar-refractivity contribution in [2.75, 3.05) is 26.0 Å². The minimum Gasteiger partial charge on any atom is -0.327 e. The number of amides is 1. The Morgan fingerprint density at radius 3 is 2.25 bits per heavy atom. The predicted octanol–water partition coefficient (Wildman–Crippen LogP) is 2.31. The van der Waals surface area contributed by atoms with Crippen LogP contribution in [0.1, 0.15) is 18.9 Å². The molecule has 6 heteroatoms. The first kappa shape index (κ1) is 21.5. The van der Waals surface area contributed by atoms with Gasteiger partial charge >= 0.3 is 0 Å². The van der Waals surface area contributed by atoms with E-state index in [2.05, 4.69) is 24.3 Å². The molecule has 0 heterocycles. The van der Waals surface area contributed by atoms with Gasteiger partial charge in [0, 0.05) is 24.7 Å². The van der Waals surface area contributed by atoms with Crippen molar-refractivity contribution >= 4 is 36.4 Å². The van der Waals surface area contributed by atoms with Crippen molar-refractivity contribution in [1.82, 2.24) is 4.90 Å². The lowest BCUT2D eigenvalue weighted by atomic mass is 10.1. The molecule has 0 radical (unpaired) electrons. The molecule has 0 fully saturated rings. The maximum Gasteiger partial charge on any atom is 0.225 e. The third-order valence-electron chi connectivity index (χ3n) is 2.59. The van der Waals surface area contributed by atoms with Crippen LogP contribution >= 0.6 is 24.8 Å². The van der Waals surface area contributed by atoms with Gasteiger partial charge in [0.25, 0.3) is 0 Å². The molecule has 0 aliphatic heterocycles. The van der Waals surface area contributed by atoms with Crippen molar-refractivity contribution in [1.29, 1.82) is 0 Å². The number of carbonyl (C=O) groups is 1. The van der Waals surface area contributed by atoms with Crippen LogP contribution in [-0.4, -0.2) is 37.5 Å². The molecular weight excluding hydrogens is 297 g/mol. The second-order valence-electron chi connectivity index (χ2n) is 4.98. The molecule has 0 saturated heterocycles. The number of rotatable bonds is 6. The van der Waals surface area contributed by atoms with Crippen molar-refractivity contribution in [3.8, 4) is 0 Å². The van der Waals surface area contributed by atoms with Gasteiger partial charge in [-0.3, -0.25) is 4.79 Å². The van der Waals surface area contributed by atoms with Gasteiger partial charge < -0.3 is 16.0 Å². The van der Waals surface area contributed by atoms with Crippen LogP contribution in [0.25, 0.3) is 0 Å². The summed E-state index contributed by atoms with van der Waals surface area (Å²) < 4.78 is 0. The highest BCUT2D eigenvalue weighted by atomic mass is 35.5. The van der Waals surface area contributed by atoms with Gasteiger partial charge in [-0.25, -0.2) is 0 Å². The molecule has 0 spiro atoms. The van der Waals surface area contributed by atoms with Gasteiger partial charge in [-0.2, -0.15) is 0 Å². The monoisotopic (exact) mass is 321 g/mol. The summed E-state index contributed by atoms with van der Waals surface area (Å²) in [4.78, 5) is 13.7. The van der Waals surface area contributed by atoms with Gasteiger partial charge in [0.2, 0.25) is 5.91 Å². The van der Waals surface area contributed by atoms with Gasteiger partial charge in [0.15, 0.2) is 0 Å². The van der Waals surface area contributed by atoms with Crippen molar-refractivity contribution < 1.29 is 4.79 Å². The first-order valence-electron chi connectivity index (χ1n) is 6.26. The van der Waals surface area contributed by atoms with E-state index in [-0.39, 0.29) is 36.8 Å². The number of carbonyl (C=O) groups excluding carboxylic acids is 1. The molecule has 1 aromatic carbocycles. The Kier molecular flexibility index (Phi) is 11.7. The molecule has 1 amide bonds. The van der Waals surface area contributed by atoms with E-state index in [1.807, 2.05) is 31.2 Å². The zero-order valence-electron chi connectivity index (χ0n) is 12.3. The lowest BCUT2D eigenvalue weighted by Gasteiger charge is -2.10. The van der Waals surface area contributed by atoms with Crippen LogP contribution in [0.4, 0.5) is 5.69 Å². The standard InChI is InChI=1S/C14H23N3O.2ClH/c1-11(15)10-14(18)16-13-6-4-12(5-7-13)8-9-17(2)3;;/h4-7,11H,8-10,15H2,1-3H3,(H,16,18);2*1H. The van der Waals surface area contributed by atoms with E-state index in [0.29, 0.717) is 6.42 Å². The smallest absolute Gasteiger partial charge is 0.225 e. The number of halogens is 2. The molecule has 3 N–H and O–H groups in total. The van der Waals surface area contributed by atoms with Crippen molar-refractivity contribution in [2.45, 2.75) is 25.8 Å². The number of likely N-dealkylation sites (N-methyl/N-ethyl adjacent to an activating group) is 1. The van der Waals surface area contributed by atoms with E-state index in [9.17, 15) is 4.79 Å². The second kappa shape index (κ2) is 10.9. The number of hydrogen-bond acceptors (Lipinski definition) is 3. The fraction of sp³-hybridized carbons (Fsp3) is 0.500. The van der Waals surface area contributed by atoms with Crippen molar-refractivity contribution in [2.24, 2.45) is 5.73 Å². The Morgan fingerprint density at radius 1 is 1.25 bits per heavy atom. The van der Waals surface area contributed by atoms with E-state index in [0.717, 1.165) is 18.7 Å². The van der Waals surface area contributed by atoms with E-state index in [1.54, 1.807) is 0 Å². The summed E-state index contributed by atoms with van der Waals surface area (Å²) in [6.45, 7) is 2.85. The number of nitrogens with zero attached hydrogens (tertiary/aromatic N) is 1. The molecule has 1 aromatic rings. The molecule has 0 aliphatic rings. The lowest BCUT2D eigenvalue weighted by molar-refractivity contribution is -0.116. The van der Waals surface area contributed by atoms with Crippen LogP contribution in [0.15, 0.2) is 24.3 Å². The SMILES string of the molecule is CC(N)CC(=O)Nc1ccc(CCN(C)C)cc1.Cl.Cl. The largest absolute Gasteiger partial charge is 0.327 e. The minimum absolute atomic E-state index is 0. The minimum atomic E-state index is -0.107. The first-order valence-corrected chi connectivity index (χ1v) is 6.26. The summed E-state index contributed by atoms with van der Waals surface area (Å²) in [7, 11) is 4.12. The van der Waals surface area contributed by atoms with E-state index >= 15 is 0 Å². The Bertz CT molecular complexity index is 381. The molecule has 0 bridgehead atoms. The van der Waals surface area contributed by atoms with Crippen LogP contribution in [0.3, 0.4) is 0 Å². The van der Waals surface area contributed by atoms with Crippen LogP contribution in [-0.2, 0) is 11.2 Å². The molecule has 0 aromatic heterocycles. The molecule has 1 rings (SSSR count). The van der Waals surface area contributed by atoms with Gasteiger partial charge in [-0.15, -0.1) is 24.8 Å². The fourth-order valence-electron chi connectivity index (χ4n) is 1.61. The normalized spacial score (nSPS) is 11.2. The van der Waals surface area contributed by atoms with E-state index in [4.69, 9.17) is 5.73 Å². The average Bonchev–Trinajstić information content (AvgIpc) is 2.26. The summed E-state index contributed by atoms with van der Waals surface area (Å²) >= 11 is 0. The Labute approximate surface area is 133 Å². The number of nitrogens with two attached hydrogens (primary N) is 1. The van der Waals surface area contributed by atoms with E-state index in [1.165, 1.54) is 5.56 Å². The molecule has 0 aliphatic carbocycles. The third kappa shape index (κ3) is 9.15. The topological polar surface area (TPSA) is 58.4 Å². The molecule has 1 atom stereocenters. The predicted molar refractivity (Wildman–Crippen MR) is 90.1 cm³/mol. The second-order valence-corrected chi connectivity index (χ2v) is 4.98. The zero-order valence-corrected chi connectivity index (χ0v) is 13.9. The molecule has 20 heavy (non-hydrogen) atoms. The summed E-state index contributed by atoms with van der Waals surface area (Å²) in [5, 5.41) is 2.84. The number of nitrogens with one attached hydrogen (secondary N) is 1. The Morgan fingerprint density at radius 2 is 1.80 bits per heavy atom. The number of hydrogen-bond donors (Lipinski definition) is 2. The van der Waals surface area contributed by atoms with Gasteiger partial charge in [0.1, 0.15) is 0 Å². The van der Waals surface area contributed by atoms with Gasteiger partial charge in [0.05, 0.1) is 0 Å². The highest BCUT2D eigenvalue weighted by molar-refractivity contribution is 5.91. The summed E-state index contributed by atoms with van der Waals surface area (Å²) in [6, 6.07) is 7.86. The van der Waals surface area contributed by atoms with Gasteiger partial charge in [-0.05, 0) is 45.1 Å². The van der Waals surface area contributed by atoms with Crippen molar-refractivity contribution in [3.63, 3.8) is 0 Å². The number of benzene rings is 1. The summed E-state index contributed by atoms with van der Waals surface area (Å²) in [5.41, 5.74) is 7.67. The maximum atomic E-state index is 11.5. The molecule has 0 saturated carbocycles. The fourth-order valence-corrected chi connectivity index (χ4v) is 1.61. The average molecular weight is 322 g/mol. The third-order valence-corrected chi connectivity index (χ3v) is 2.59. The summed E-state index contributed by atoms with van der Waals surface area (Å²) in [5.74, 6) is -0.0361. The highest BCUT2D eigenvalue weighted by Gasteiger charge is 2.05. The lowest BCUT2D eigenvalue weighted by Crippen LogP contribution is -2.23.